The number of nitrogens with zero attached hydrogens (tertiary/aromatic N) is 1. The van der Waals surface area contributed by atoms with Crippen molar-refractivity contribution in [3.63, 3.8) is 0 Å². The summed E-state index contributed by atoms with van der Waals surface area (Å²) in [5, 5.41) is 2.47. The van der Waals surface area contributed by atoms with Gasteiger partial charge in [-0.2, -0.15) is 0 Å². The van der Waals surface area contributed by atoms with Gasteiger partial charge in [-0.05, 0) is 25.1 Å². The lowest BCUT2D eigenvalue weighted by Gasteiger charge is -2.12. The molecular weight excluding hydrogens is 287 g/mol. The largest absolute Gasteiger partial charge is 0.462 e. The van der Waals surface area contributed by atoms with Gasteiger partial charge in [0.2, 0.25) is 0 Å². The van der Waals surface area contributed by atoms with E-state index in [0.29, 0.717) is 11.5 Å². The SMILES string of the molecule is Cc1ccc(/C=C2\NC(=O)N(Cc3ccccc3F)C2=O)o1. The molecule has 1 N–H and O–H groups in total. The maximum Gasteiger partial charge on any atom is 0.329 e. The fraction of sp³-hybridized carbons (Fsp3) is 0.125. The number of furan rings is 1. The molecule has 0 aliphatic carbocycles. The highest BCUT2D eigenvalue weighted by Gasteiger charge is 2.34. The molecule has 3 amide bonds. The molecule has 0 spiro atoms. The second kappa shape index (κ2) is 5.48. The summed E-state index contributed by atoms with van der Waals surface area (Å²) in [5.74, 6) is 0.199. The Morgan fingerprint density at radius 3 is 2.68 bits per heavy atom. The van der Waals surface area contributed by atoms with Crippen LogP contribution in [0.5, 0.6) is 0 Å². The first-order valence-electron chi connectivity index (χ1n) is 6.69. The molecule has 1 aliphatic rings. The molecule has 2 aromatic rings. The summed E-state index contributed by atoms with van der Waals surface area (Å²) in [7, 11) is 0. The molecule has 22 heavy (non-hydrogen) atoms. The number of urea groups is 1. The summed E-state index contributed by atoms with van der Waals surface area (Å²) >= 11 is 0. The number of rotatable bonds is 3. The number of benzene rings is 1. The minimum atomic E-state index is -0.581. The van der Waals surface area contributed by atoms with Crippen LogP contribution < -0.4 is 5.32 Å². The van der Waals surface area contributed by atoms with E-state index < -0.39 is 17.8 Å². The lowest BCUT2D eigenvalue weighted by Crippen LogP contribution is -2.30. The number of carbonyl (C=O) groups excluding carboxylic acids is 2. The van der Waals surface area contributed by atoms with E-state index in [9.17, 15) is 14.0 Å². The van der Waals surface area contributed by atoms with E-state index in [-0.39, 0.29) is 17.8 Å². The zero-order valence-electron chi connectivity index (χ0n) is 11.8. The number of amides is 3. The summed E-state index contributed by atoms with van der Waals surface area (Å²) in [4.78, 5) is 25.1. The minimum Gasteiger partial charge on any atom is -0.462 e. The lowest BCUT2D eigenvalue weighted by atomic mass is 10.2. The standard InChI is InChI=1S/C16H13FN2O3/c1-10-6-7-12(22-10)8-14-15(20)19(16(21)18-14)9-11-4-2-3-5-13(11)17/h2-8H,9H2,1H3,(H,18,21)/b14-8-. The molecule has 0 saturated carbocycles. The van der Waals surface area contributed by atoms with Crippen molar-refractivity contribution in [2.75, 3.05) is 0 Å². The Balaban J connectivity index is 1.83. The Bertz CT molecular complexity index is 779. The Labute approximate surface area is 126 Å². The van der Waals surface area contributed by atoms with E-state index in [4.69, 9.17) is 4.42 Å². The molecule has 0 unspecified atom stereocenters. The first-order chi connectivity index (χ1) is 10.5. The van der Waals surface area contributed by atoms with Gasteiger partial charge >= 0.3 is 6.03 Å². The molecule has 1 saturated heterocycles. The molecule has 2 heterocycles. The van der Waals surface area contributed by atoms with Gasteiger partial charge in [0, 0.05) is 11.6 Å². The summed E-state index contributed by atoms with van der Waals surface area (Å²) < 4.78 is 19.0. The van der Waals surface area contributed by atoms with Crippen molar-refractivity contribution in [3.8, 4) is 0 Å². The maximum absolute atomic E-state index is 13.6. The molecule has 6 heteroatoms. The number of hydrogen-bond acceptors (Lipinski definition) is 3. The Hall–Kier alpha value is -2.89. The van der Waals surface area contributed by atoms with Crippen LogP contribution in [0.4, 0.5) is 9.18 Å². The summed E-state index contributed by atoms with van der Waals surface area (Å²) in [5.41, 5.74) is 0.386. The fourth-order valence-corrected chi connectivity index (χ4v) is 2.19. The van der Waals surface area contributed by atoms with Crippen LogP contribution in [0.3, 0.4) is 0 Å². The molecule has 1 aromatic heterocycles. The van der Waals surface area contributed by atoms with Gasteiger partial charge in [-0.25, -0.2) is 9.18 Å². The van der Waals surface area contributed by atoms with E-state index in [0.717, 1.165) is 4.90 Å². The average Bonchev–Trinajstić information content (AvgIpc) is 3.00. The van der Waals surface area contributed by atoms with Crippen molar-refractivity contribution in [2.45, 2.75) is 13.5 Å². The van der Waals surface area contributed by atoms with Crippen LogP contribution >= 0.6 is 0 Å². The molecule has 1 aliphatic heterocycles. The number of imide groups is 1. The van der Waals surface area contributed by atoms with Crippen LogP contribution in [0.2, 0.25) is 0 Å². The van der Waals surface area contributed by atoms with Crippen molar-refractivity contribution in [3.05, 3.63) is 65.0 Å². The molecule has 112 valence electrons. The third kappa shape index (κ3) is 2.63. The highest BCUT2D eigenvalue weighted by atomic mass is 19.1. The van der Waals surface area contributed by atoms with Crippen molar-refractivity contribution in [1.82, 2.24) is 10.2 Å². The van der Waals surface area contributed by atoms with Crippen molar-refractivity contribution < 1.29 is 18.4 Å². The number of halogens is 1. The van der Waals surface area contributed by atoms with Gasteiger partial charge < -0.3 is 9.73 Å². The quantitative estimate of drug-likeness (QED) is 0.700. The summed E-state index contributed by atoms with van der Waals surface area (Å²) in [6.45, 7) is 1.66. The zero-order valence-corrected chi connectivity index (χ0v) is 11.8. The minimum absolute atomic E-state index is 0.107. The summed E-state index contributed by atoms with van der Waals surface area (Å²) in [6, 6.07) is 8.90. The smallest absolute Gasteiger partial charge is 0.329 e. The number of hydrogen-bond donors (Lipinski definition) is 1. The maximum atomic E-state index is 13.6. The molecular formula is C16H13FN2O3. The van der Waals surface area contributed by atoms with Crippen LogP contribution in [0.1, 0.15) is 17.1 Å². The van der Waals surface area contributed by atoms with Crippen LogP contribution in [-0.4, -0.2) is 16.8 Å². The Morgan fingerprint density at radius 1 is 1.23 bits per heavy atom. The average molecular weight is 300 g/mol. The van der Waals surface area contributed by atoms with Crippen LogP contribution in [0, 0.1) is 12.7 Å². The van der Waals surface area contributed by atoms with Crippen LogP contribution in [-0.2, 0) is 11.3 Å². The van der Waals surface area contributed by atoms with Crippen molar-refractivity contribution in [2.24, 2.45) is 0 Å². The molecule has 1 aromatic carbocycles. The molecule has 3 rings (SSSR count). The predicted molar refractivity (Wildman–Crippen MR) is 76.9 cm³/mol. The van der Waals surface area contributed by atoms with E-state index in [1.807, 2.05) is 0 Å². The number of aryl methyl sites for hydroxylation is 1. The van der Waals surface area contributed by atoms with Crippen molar-refractivity contribution >= 4 is 18.0 Å². The lowest BCUT2D eigenvalue weighted by molar-refractivity contribution is -0.123. The normalized spacial score (nSPS) is 16.5. The first kappa shape index (κ1) is 14.1. The van der Waals surface area contributed by atoms with E-state index in [2.05, 4.69) is 5.32 Å². The predicted octanol–water partition coefficient (Wildman–Crippen LogP) is 2.82. The van der Waals surface area contributed by atoms with Gasteiger partial charge in [0.25, 0.3) is 5.91 Å². The van der Waals surface area contributed by atoms with E-state index >= 15 is 0 Å². The van der Waals surface area contributed by atoms with Gasteiger partial charge in [0.1, 0.15) is 23.0 Å². The highest BCUT2D eigenvalue weighted by molar-refractivity contribution is 6.13. The van der Waals surface area contributed by atoms with Gasteiger partial charge in [-0.15, -0.1) is 0 Å². The van der Waals surface area contributed by atoms with Crippen LogP contribution in [0.25, 0.3) is 6.08 Å². The Kier molecular flexibility index (Phi) is 3.50. The monoisotopic (exact) mass is 300 g/mol. The third-order valence-corrected chi connectivity index (χ3v) is 3.30. The van der Waals surface area contributed by atoms with Crippen molar-refractivity contribution in [1.29, 1.82) is 0 Å². The first-order valence-corrected chi connectivity index (χ1v) is 6.69. The zero-order chi connectivity index (χ0) is 15.7. The Morgan fingerprint density at radius 2 is 2.00 bits per heavy atom. The van der Waals surface area contributed by atoms with Gasteiger partial charge in [-0.3, -0.25) is 9.69 Å². The summed E-state index contributed by atoms with van der Waals surface area (Å²) in [6.07, 6.45) is 1.45. The van der Waals surface area contributed by atoms with Gasteiger partial charge in [0.15, 0.2) is 0 Å². The molecule has 0 atom stereocenters. The van der Waals surface area contributed by atoms with Crippen LogP contribution in [0.15, 0.2) is 46.5 Å². The van der Waals surface area contributed by atoms with E-state index in [1.165, 1.54) is 18.2 Å². The molecule has 0 radical (unpaired) electrons. The number of carbonyl (C=O) groups is 2. The number of nitrogens with one attached hydrogen (secondary N) is 1. The highest BCUT2D eigenvalue weighted by Crippen LogP contribution is 2.19. The fourth-order valence-electron chi connectivity index (χ4n) is 2.19. The third-order valence-electron chi connectivity index (χ3n) is 3.30. The van der Waals surface area contributed by atoms with Gasteiger partial charge in [0.05, 0.1) is 6.54 Å². The molecule has 0 bridgehead atoms. The molecule has 5 nitrogen and oxygen atoms in total. The van der Waals surface area contributed by atoms with Gasteiger partial charge in [-0.1, -0.05) is 18.2 Å². The molecule has 1 fully saturated rings. The van der Waals surface area contributed by atoms with E-state index in [1.54, 1.807) is 31.2 Å². The topological polar surface area (TPSA) is 62.6 Å². The second-order valence-corrected chi connectivity index (χ2v) is 4.92. The second-order valence-electron chi connectivity index (χ2n) is 4.92.